The Morgan fingerprint density at radius 1 is 1.07 bits per heavy atom. The largest absolute Gasteiger partial charge is 0.244 e. The van der Waals surface area contributed by atoms with Gasteiger partial charge in [-0.25, -0.2) is 9.97 Å². The van der Waals surface area contributed by atoms with Crippen LogP contribution in [0.25, 0.3) is 0 Å². The van der Waals surface area contributed by atoms with Crippen LogP contribution >= 0.6 is 27.7 Å². The van der Waals surface area contributed by atoms with Crippen molar-refractivity contribution in [3.05, 3.63) is 47.5 Å². The molecule has 0 aliphatic carbocycles. The van der Waals surface area contributed by atoms with Gasteiger partial charge in [-0.2, -0.15) is 0 Å². The molecular formula is C10H7BrN2S. The van der Waals surface area contributed by atoms with Crippen molar-refractivity contribution in [2.75, 3.05) is 0 Å². The average Bonchev–Trinajstić information content (AvgIpc) is 2.23. The molecule has 0 unspecified atom stereocenters. The van der Waals surface area contributed by atoms with Crippen molar-refractivity contribution in [3.8, 4) is 0 Å². The summed E-state index contributed by atoms with van der Waals surface area (Å²) in [5.41, 5.74) is 0. The van der Waals surface area contributed by atoms with Gasteiger partial charge in [0.1, 0.15) is 6.33 Å². The lowest BCUT2D eigenvalue weighted by atomic mass is 10.4. The first-order chi connectivity index (χ1) is 6.86. The molecule has 2 nitrogen and oxygen atoms in total. The van der Waals surface area contributed by atoms with Gasteiger partial charge in [0.2, 0.25) is 0 Å². The van der Waals surface area contributed by atoms with E-state index in [1.54, 1.807) is 24.2 Å². The average molecular weight is 267 g/mol. The standard InChI is InChI=1S/C10H7BrN2S/c11-9-3-1-2-4-10(9)14-8-5-12-7-13-6-8/h1-7H. The van der Waals surface area contributed by atoms with Gasteiger partial charge in [-0.15, -0.1) is 0 Å². The van der Waals surface area contributed by atoms with Crippen LogP contribution in [0.2, 0.25) is 0 Å². The van der Waals surface area contributed by atoms with E-state index in [-0.39, 0.29) is 0 Å². The maximum atomic E-state index is 3.96. The van der Waals surface area contributed by atoms with Crippen molar-refractivity contribution in [2.24, 2.45) is 0 Å². The van der Waals surface area contributed by atoms with Crippen molar-refractivity contribution in [1.29, 1.82) is 0 Å². The summed E-state index contributed by atoms with van der Waals surface area (Å²) in [6.45, 7) is 0. The van der Waals surface area contributed by atoms with Gasteiger partial charge in [0.25, 0.3) is 0 Å². The van der Waals surface area contributed by atoms with Gasteiger partial charge in [0.05, 0.1) is 0 Å². The van der Waals surface area contributed by atoms with Crippen molar-refractivity contribution < 1.29 is 0 Å². The highest BCUT2D eigenvalue weighted by molar-refractivity contribution is 9.10. The molecule has 0 saturated carbocycles. The lowest BCUT2D eigenvalue weighted by Crippen LogP contribution is -1.79. The van der Waals surface area contributed by atoms with E-state index in [2.05, 4.69) is 32.0 Å². The zero-order chi connectivity index (χ0) is 9.80. The highest BCUT2D eigenvalue weighted by Crippen LogP contribution is 2.32. The molecule has 2 aromatic rings. The molecule has 1 heterocycles. The molecule has 2 rings (SSSR count). The quantitative estimate of drug-likeness (QED) is 0.834. The Morgan fingerprint density at radius 2 is 1.79 bits per heavy atom. The summed E-state index contributed by atoms with van der Waals surface area (Å²) in [4.78, 5) is 10.1. The van der Waals surface area contributed by atoms with Crippen LogP contribution in [0, 0.1) is 0 Å². The zero-order valence-electron chi connectivity index (χ0n) is 7.22. The third kappa shape index (κ3) is 2.33. The summed E-state index contributed by atoms with van der Waals surface area (Å²) in [5, 5.41) is 0. The Balaban J connectivity index is 2.24. The fraction of sp³-hybridized carbons (Fsp3) is 0. The molecular weight excluding hydrogens is 260 g/mol. The maximum absolute atomic E-state index is 3.96. The highest BCUT2D eigenvalue weighted by Gasteiger charge is 2.00. The normalized spacial score (nSPS) is 10.1. The summed E-state index contributed by atoms with van der Waals surface area (Å²) >= 11 is 5.13. The van der Waals surface area contributed by atoms with E-state index >= 15 is 0 Å². The summed E-state index contributed by atoms with van der Waals surface area (Å²) in [5.74, 6) is 0. The maximum Gasteiger partial charge on any atom is 0.115 e. The first kappa shape index (κ1) is 9.68. The van der Waals surface area contributed by atoms with Gasteiger partial charge >= 0.3 is 0 Å². The van der Waals surface area contributed by atoms with Gasteiger partial charge in [-0.3, -0.25) is 0 Å². The van der Waals surface area contributed by atoms with Crippen molar-refractivity contribution in [1.82, 2.24) is 9.97 Å². The number of aromatic nitrogens is 2. The second-order valence-corrected chi connectivity index (χ2v) is 4.58. The summed E-state index contributed by atoms with van der Waals surface area (Å²) in [7, 11) is 0. The van der Waals surface area contributed by atoms with E-state index in [1.165, 1.54) is 11.2 Å². The molecule has 0 bridgehead atoms. The number of halogens is 1. The molecule has 14 heavy (non-hydrogen) atoms. The van der Waals surface area contributed by atoms with E-state index in [9.17, 15) is 0 Å². The van der Waals surface area contributed by atoms with Gasteiger partial charge in [0, 0.05) is 26.7 Å². The summed E-state index contributed by atoms with van der Waals surface area (Å²) in [6, 6.07) is 8.08. The molecule has 70 valence electrons. The van der Waals surface area contributed by atoms with Crippen LogP contribution in [0.15, 0.2) is 57.3 Å². The van der Waals surface area contributed by atoms with Crippen molar-refractivity contribution in [2.45, 2.75) is 9.79 Å². The summed E-state index contributed by atoms with van der Waals surface area (Å²) < 4.78 is 1.09. The predicted octanol–water partition coefficient (Wildman–Crippen LogP) is 3.39. The first-order valence-corrected chi connectivity index (χ1v) is 5.64. The fourth-order valence-corrected chi connectivity index (χ4v) is 2.31. The fourth-order valence-electron chi connectivity index (χ4n) is 0.993. The second-order valence-electron chi connectivity index (χ2n) is 2.61. The summed E-state index contributed by atoms with van der Waals surface area (Å²) in [6.07, 6.45) is 5.14. The van der Waals surface area contributed by atoms with E-state index in [0.717, 1.165) is 9.37 Å². The topological polar surface area (TPSA) is 25.8 Å². The Bertz CT molecular complexity index is 419. The number of rotatable bonds is 2. The smallest absolute Gasteiger partial charge is 0.115 e. The first-order valence-electron chi connectivity index (χ1n) is 4.03. The van der Waals surface area contributed by atoms with Crippen LogP contribution in [-0.4, -0.2) is 9.97 Å². The minimum absolute atomic E-state index is 1.04. The molecule has 0 atom stereocenters. The molecule has 0 N–H and O–H groups in total. The Hall–Kier alpha value is -0.870. The van der Waals surface area contributed by atoms with E-state index in [4.69, 9.17) is 0 Å². The second kappa shape index (κ2) is 4.57. The number of nitrogens with zero attached hydrogens (tertiary/aromatic N) is 2. The molecule has 0 fully saturated rings. The van der Waals surface area contributed by atoms with Crippen LogP contribution in [0.1, 0.15) is 0 Å². The molecule has 0 radical (unpaired) electrons. The van der Waals surface area contributed by atoms with Gasteiger partial charge in [0.15, 0.2) is 0 Å². The molecule has 0 aliphatic rings. The molecule has 0 aliphatic heterocycles. The van der Waals surface area contributed by atoms with Crippen LogP contribution in [-0.2, 0) is 0 Å². The van der Waals surface area contributed by atoms with Gasteiger partial charge in [-0.1, -0.05) is 23.9 Å². The van der Waals surface area contributed by atoms with Gasteiger partial charge in [-0.05, 0) is 28.1 Å². The minimum atomic E-state index is 1.04. The minimum Gasteiger partial charge on any atom is -0.244 e. The molecule has 0 saturated heterocycles. The van der Waals surface area contributed by atoms with E-state index in [1.807, 2.05) is 18.2 Å². The lowest BCUT2D eigenvalue weighted by molar-refractivity contribution is 1.10. The van der Waals surface area contributed by atoms with E-state index in [0.29, 0.717) is 0 Å². The Morgan fingerprint density at radius 3 is 2.50 bits per heavy atom. The highest BCUT2D eigenvalue weighted by atomic mass is 79.9. The molecule has 1 aromatic heterocycles. The van der Waals surface area contributed by atoms with E-state index < -0.39 is 0 Å². The van der Waals surface area contributed by atoms with Crippen molar-refractivity contribution in [3.63, 3.8) is 0 Å². The Labute approximate surface area is 94.9 Å². The number of benzene rings is 1. The molecule has 0 spiro atoms. The molecule has 0 amide bonds. The van der Waals surface area contributed by atoms with Crippen LogP contribution in [0.5, 0.6) is 0 Å². The number of hydrogen-bond donors (Lipinski definition) is 0. The Kier molecular flexibility index (Phi) is 3.16. The number of hydrogen-bond acceptors (Lipinski definition) is 3. The lowest BCUT2D eigenvalue weighted by Gasteiger charge is -2.02. The van der Waals surface area contributed by atoms with Crippen molar-refractivity contribution >= 4 is 27.7 Å². The SMILES string of the molecule is Brc1ccccc1Sc1cncnc1. The van der Waals surface area contributed by atoms with Gasteiger partial charge < -0.3 is 0 Å². The third-order valence-corrected chi connectivity index (χ3v) is 3.58. The zero-order valence-corrected chi connectivity index (χ0v) is 9.62. The molecule has 4 heteroatoms. The third-order valence-electron chi connectivity index (χ3n) is 1.60. The van der Waals surface area contributed by atoms with Crippen LogP contribution in [0.3, 0.4) is 0 Å². The van der Waals surface area contributed by atoms with Crippen LogP contribution in [0.4, 0.5) is 0 Å². The molecule has 1 aromatic carbocycles. The monoisotopic (exact) mass is 266 g/mol. The predicted molar refractivity (Wildman–Crippen MR) is 60.3 cm³/mol. The van der Waals surface area contributed by atoms with Crippen LogP contribution < -0.4 is 0 Å².